The van der Waals surface area contributed by atoms with Gasteiger partial charge in [0.1, 0.15) is 6.04 Å². The lowest BCUT2D eigenvalue weighted by molar-refractivity contribution is -0.119. The first kappa shape index (κ1) is 13.1. The van der Waals surface area contributed by atoms with E-state index in [2.05, 4.69) is 20.7 Å². The van der Waals surface area contributed by atoms with E-state index < -0.39 is 22.0 Å². The van der Waals surface area contributed by atoms with Gasteiger partial charge in [0.15, 0.2) is 0 Å². The van der Waals surface area contributed by atoms with Crippen LogP contribution in [0.1, 0.15) is 11.6 Å². The van der Waals surface area contributed by atoms with E-state index >= 15 is 0 Å². The lowest BCUT2D eigenvalue weighted by Crippen LogP contribution is -2.36. The summed E-state index contributed by atoms with van der Waals surface area (Å²) in [6, 6.07) is 5.67. The third-order valence-corrected chi connectivity index (χ3v) is 2.96. The van der Waals surface area contributed by atoms with Gasteiger partial charge in [-0.2, -0.15) is 4.72 Å². The zero-order chi connectivity index (χ0) is 12.3. The Balaban J connectivity index is 3.08. The number of nitrogens with two attached hydrogens (primary N) is 1. The molecule has 16 heavy (non-hydrogen) atoms. The Bertz CT molecular complexity index is 501. The Labute approximate surface area is 102 Å². The fraction of sp³-hybridized carbons (Fsp3) is 0.222. The molecule has 0 fully saturated rings. The predicted molar refractivity (Wildman–Crippen MR) is 64.1 cm³/mol. The number of benzene rings is 1. The lowest BCUT2D eigenvalue weighted by Gasteiger charge is -2.14. The lowest BCUT2D eigenvalue weighted by atomic mass is 10.1. The van der Waals surface area contributed by atoms with Gasteiger partial charge in [-0.05, 0) is 17.7 Å². The largest absolute Gasteiger partial charge is 0.368 e. The van der Waals surface area contributed by atoms with Crippen molar-refractivity contribution in [1.82, 2.24) is 4.72 Å². The summed E-state index contributed by atoms with van der Waals surface area (Å²) < 4.78 is 25.1. The van der Waals surface area contributed by atoms with Gasteiger partial charge in [-0.1, -0.05) is 28.1 Å². The minimum Gasteiger partial charge on any atom is -0.368 e. The average Bonchev–Trinajstić information content (AvgIpc) is 2.12. The number of primary amides is 1. The predicted octanol–water partition coefficient (Wildman–Crippen LogP) is 0.525. The fourth-order valence-electron chi connectivity index (χ4n) is 1.19. The molecule has 0 bridgehead atoms. The quantitative estimate of drug-likeness (QED) is 0.850. The fourth-order valence-corrected chi connectivity index (χ4v) is 2.29. The molecule has 0 saturated heterocycles. The molecule has 1 rings (SSSR count). The second kappa shape index (κ2) is 4.94. The Morgan fingerprint density at radius 2 is 2.12 bits per heavy atom. The molecule has 1 amide bonds. The molecule has 3 N–H and O–H groups in total. The van der Waals surface area contributed by atoms with Crippen molar-refractivity contribution in [1.29, 1.82) is 0 Å². The summed E-state index contributed by atoms with van der Waals surface area (Å²) >= 11 is 3.23. The number of nitrogens with one attached hydrogen (secondary N) is 1. The molecule has 1 aromatic rings. The molecule has 1 atom stereocenters. The molecule has 0 unspecified atom stereocenters. The Morgan fingerprint density at radius 1 is 1.50 bits per heavy atom. The highest BCUT2D eigenvalue weighted by molar-refractivity contribution is 9.10. The molecule has 0 saturated carbocycles. The molecule has 0 heterocycles. The van der Waals surface area contributed by atoms with Crippen LogP contribution in [0.3, 0.4) is 0 Å². The molecule has 0 aromatic heterocycles. The summed E-state index contributed by atoms with van der Waals surface area (Å²) in [6.07, 6.45) is 0.973. The molecule has 5 nitrogen and oxygen atoms in total. The van der Waals surface area contributed by atoms with Gasteiger partial charge in [0.25, 0.3) is 0 Å². The highest BCUT2D eigenvalue weighted by Crippen LogP contribution is 2.18. The molecule has 1 aromatic carbocycles. The summed E-state index contributed by atoms with van der Waals surface area (Å²) in [5.41, 5.74) is 5.64. The van der Waals surface area contributed by atoms with Gasteiger partial charge >= 0.3 is 0 Å². The highest BCUT2D eigenvalue weighted by Gasteiger charge is 2.21. The number of sulfonamides is 1. The minimum atomic E-state index is -3.50. The number of rotatable bonds is 4. The monoisotopic (exact) mass is 306 g/mol. The van der Waals surface area contributed by atoms with Gasteiger partial charge in [0, 0.05) is 4.47 Å². The molecule has 0 aliphatic carbocycles. The van der Waals surface area contributed by atoms with Crippen molar-refractivity contribution >= 4 is 31.9 Å². The third kappa shape index (κ3) is 3.92. The van der Waals surface area contributed by atoms with Gasteiger partial charge in [-0.15, -0.1) is 0 Å². The van der Waals surface area contributed by atoms with Crippen LogP contribution in [-0.4, -0.2) is 20.6 Å². The molecule has 0 spiro atoms. The summed E-state index contributed by atoms with van der Waals surface area (Å²) in [7, 11) is -3.50. The van der Waals surface area contributed by atoms with Crippen molar-refractivity contribution in [3.8, 4) is 0 Å². The molecule has 0 aliphatic heterocycles. The van der Waals surface area contributed by atoms with Crippen LogP contribution in [0.25, 0.3) is 0 Å². The van der Waals surface area contributed by atoms with Crippen molar-refractivity contribution in [2.75, 3.05) is 6.26 Å². The number of carbonyl (C=O) groups excluding carboxylic acids is 1. The highest BCUT2D eigenvalue weighted by atomic mass is 79.9. The summed E-state index contributed by atoms with van der Waals surface area (Å²) in [6.45, 7) is 0. The number of halogens is 1. The summed E-state index contributed by atoms with van der Waals surface area (Å²) in [4.78, 5) is 11.2. The van der Waals surface area contributed by atoms with Crippen molar-refractivity contribution in [3.05, 3.63) is 34.3 Å². The van der Waals surface area contributed by atoms with Crippen LogP contribution in [0.5, 0.6) is 0 Å². The maximum absolute atomic E-state index is 11.2. The van der Waals surface area contributed by atoms with E-state index in [-0.39, 0.29) is 0 Å². The first-order valence-corrected chi connectivity index (χ1v) is 7.00. The van der Waals surface area contributed by atoms with Crippen molar-refractivity contribution < 1.29 is 13.2 Å². The van der Waals surface area contributed by atoms with E-state index in [0.29, 0.717) is 5.56 Å². The summed E-state index contributed by atoms with van der Waals surface area (Å²) in [5.74, 6) is -0.747. The second-order valence-electron chi connectivity index (χ2n) is 3.28. The van der Waals surface area contributed by atoms with Crippen LogP contribution >= 0.6 is 15.9 Å². The zero-order valence-corrected chi connectivity index (χ0v) is 10.9. The molecule has 0 aliphatic rings. The normalized spacial score (nSPS) is 13.4. The van der Waals surface area contributed by atoms with E-state index in [9.17, 15) is 13.2 Å². The van der Waals surface area contributed by atoms with E-state index in [4.69, 9.17) is 5.73 Å². The first-order chi connectivity index (χ1) is 7.29. The summed E-state index contributed by atoms with van der Waals surface area (Å²) in [5, 5.41) is 0. The number of amides is 1. The van der Waals surface area contributed by atoms with Crippen LogP contribution in [0, 0.1) is 0 Å². The Kier molecular flexibility index (Phi) is 4.06. The van der Waals surface area contributed by atoms with E-state index in [1.807, 2.05) is 0 Å². The van der Waals surface area contributed by atoms with Crippen molar-refractivity contribution in [3.63, 3.8) is 0 Å². The van der Waals surface area contributed by atoms with Crippen LogP contribution in [-0.2, 0) is 14.8 Å². The van der Waals surface area contributed by atoms with Crippen LogP contribution in [0.4, 0.5) is 0 Å². The number of carbonyl (C=O) groups is 1. The average molecular weight is 307 g/mol. The van der Waals surface area contributed by atoms with E-state index in [1.165, 1.54) is 0 Å². The zero-order valence-electron chi connectivity index (χ0n) is 8.48. The van der Waals surface area contributed by atoms with Crippen LogP contribution in [0.15, 0.2) is 28.7 Å². The Hall–Kier alpha value is -0.920. The maximum atomic E-state index is 11.2. The van der Waals surface area contributed by atoms with Gasteiger partial charge in [0.2, 0.25) is 15.9 Å². The molecular formula is C9H11BrN2O3S. The number of hydrogen-bond acceptors (Lipinski definition) is 3. The molecular weight excluding hydrogens is 296 g/mol. The van der Waals surface area contributed by atoms with Gasteiger partial charge < -0.3 is 5.73 Å². The van der Waals surface area contributed by atoms with E-state index in [0.717, 1.165) is 10.7 Å². The molecule has 88 valence electrons. The standard InChI is InChI=1S/C9H11BrN2O3S/c1-16(14,15)12-8(9(11)13)6-3-2-4-7(10)5-6/h2-5,8,12H,1H3,(H2,11,13)/t8-/m1/s1. The third-order valence-electron chi connectivity index (χ3n) is 1.80. The molecule has 0 radical (unpaired) electrons. The van der Waals surface area contributed by atoms with Crippen LogP contribution < -0.4 is 10.5 Å². The minimum absolute atomic E-state index is 0.493. The van der Waals surface area contributed by atoms with E-state index in [1.54, 1.807) is 24.3 Å². The van der Waals surface area contributed by atoms with Gasteiger partial charge in [0.05, 0.1) is 6.26 Å². The van der Waals surface area contributed by atoms with Gasteiger partial charge in [-0.25, -0.2) is 8.42 Å². The SMILES string of the molecule is CS(=O)(=O)N[C@@H](C(N)=O)c1cccc(Br)c1. The second-order valence-corrected chi connectivity index (χ2v) is 5.98. The number of hydrogen-bond donors (Lipinski definition) is 2. The van der Waals surface area contributed by atoms with Gasteiger partial charge in [-0.3, -0.25) is 4.79 Å². The van der Waals surface area contributed by atoms with Crippen molar-refractivity contribution in [2.45, 2.75) is 6.04 Å². The maximum Gasteiger partial charge on any atom is 0.240 e. The first-order valence-electron chi connectivity index (χ1n) is 4.31. The smallest absolute Gasteiger partial charge is 0.240 e. The Morgan fingerprint density at radius 3 is 2.56 bits per heavy atom. The van der Waals surface area contributed by atoms with Crippen molar-refractivity contribution in [2.24, 2.45) is 5.73 Å². The van der Waals surface area contributed by atoms with Crippen LogP contribution in [0.2, 0.25) is 0 Å². The molecule has 7 heteroatoms. The topological polar surface area (TPSA) is 89.3 Å².